The second kappa shape index (κ2) is 7.04. The molecule has 0 bridgehead atoms. The number of nitrogens with zero attached hydrogens (tertiary/aromatic N) is 4. The van der Waals surface area contributed by atoms with Crippen LogP contribution in [0.25, 0.3) is 5.69 Å². The molecular weight excluding hydrogens is 318 g/mol. The van der Waals surface area contributed by atoms with Crippen LogP contribution in [0.15, 0.2) is 53.9 Å². The molecule has 0 fully saturated rings. The number of aryl methyl sites for hydroxylation is 1. The fraction of sp³-hybridized carbons (Fsp3) is 0.167. The van der Waals surface area contributed by atoms with Crippen molar-refractivity contribution in [1.82, 2.24) is 14.8 Å². The van der Waals surface area contributed by atoms with E-state index in [0.29, 0.717) is 29.1 Å². The molecule has 0 aliphatic rings. The first-order valence-electron chi connectivity index (χ1n) is 7.90. The number of nitrogens with two attached hydrogens (primary N) is 1. The molecule has 0 aliphatic heterocycles. The summed E-state index contributed by atoms with van der Waals surface area (Å²) in [5, 5.41) is 32.0. The van der Waals surface area contributed by atoms with Gasteiger partial charge in [0.25, 0.3) is 0 Å². The van der Waals surface area contributed by atoms with Crippen LogP contribution in [0.3, 0.4) is 0 Å². The first kappa shape index (κ1) is 16.5. The minimum atomic E-state index is -0.0790. The molecular formula is C18H19N5O2. The number of para-hydroxylation sites is 1. The molecule has 3 rings (SSSR count). The van der Waals surface area contributed by atoms with Crippen LogP contribution in [0.4, 0.5) is 0 Å². The van der Waals surface area contributed by atoms with Crippen LogP contribution in [-0.4, -0.2) is 30.7 Å². The molecule has 0 aliphatic carbocycles. The molecule has 1 aromatic heterocycles. The lowest BCUT2D eigenvalue weighted by Crippen LogP contribution is -2.13. The molecule has 0 atom stereocenters. The molecule has 2 aromatic carbocycles. The van der Waals surface area contributed by atoms with Crippen molar-refractivity contribution in [3.05, 3.63) is 65.7 Å². The Labute approximate surface area is 145 Å². The van der Waals surface area contributed by atoms with Gasteiger partial charge in [0.05, 0.1) is 12.1 Å². The standard InChI is InChI=1S/C18H19N5O2/c1-2-12-8-14(17(25)10-16(12)24)15(21-19)9-18-22-20-11-23(18)13-6-4-3-5-7-13/h3-8,10-11,24-25H,2,9,19H2,1H3/b21-15-. The van der Waals surface area contributed by atoms with E-state index in [1.807, 2.05) is 41.8 Å². The number of benzene rings is 2. The van der Waals surface area contributed by atoms with E-state index in [1.165, 1.54) is 6.07 Å². The average molecular weight is 337 g/mol. The van der Waals surface area contributed by atoms with Crippen molar-refractivity contribution in [2.24, 2.45) is 10.9 Å². The molecule has 0 unspecified atom stereocenters. The smallest absolute Gasteiger partial charge is 0.143 e. The highest BCUT2D eigenvalue weighted by atomic mass is 16.3. The Morgan fingerprint density at radius 3 is 2.60 bits per heavy atom. The number of aromatic nitrogens is 3. The van der Waals surface area contributed by atoms with Gasteiger partial charge in [-0.3, -0.25) is 4.57 Å². The minimum absolute atomic E-state index is 0.0487. The predicted octanol–water partition coefficient (Wildman–Crippen LogP) is 2.15. The summed E-state index contributed by atoms with van der Waals surface area (Å²) in [6, 6.07) is 12.7. The van der Waals surface area contributed by atoms with E-state index < -0.39 is 0 Å². The summed E-state index contributed by atoms with van der Waals surface area (Å²) in [7, 11) is 0. The molecule has 7 nitrogen and oxygen atoms in total. The lowest BCUT2D eigenvalue weighted by Gasteiger charge is -2.12. The first-order valence-corrected chi connectivity index (χ1v) is 7.90. The third kappa shape index (κ3) is 3.30. The van der Waals surface area contributed by atoms with Gasteiger partial charge >= 0.3 is 0 Å². The molecule has 0 saturated heterocycles. The number of rotatable bonds is 5. The lowest BCUT2D eigenvalue weighted by molar-refractivity contribution is 0.445. The second-order valence-corrected chi connectivity index (χ2v) is 5.56. The van der Waals surface area contributed by atoms with Crippen molar-refractivity contribution in [2.75, 3.05) is 0 Å². The van der Waals surface area contributed by atoms with Gasteiger partial charge in [-0.15, -0.1) is 10.2 Å². The van der Waals surface area contributed by atoms with E-state index >= 15 is 0 Å². The highest BCUT2D eigenvalue weighted by molar-refractivity contribution is 6.04. The Kier molecular flexibility index (Phi) is 4.65. The monoisotopic (exact) mass is 337 g/mol. The van der Waals surface area contributed by atoms with Gasteiger partial charge < -0.3 is 16.1 Å². The van der Waals surface area contributed by atoms with Crippen LogP contribution in [0.2, 0.25) is 0 Å². The van der Waals surface area contributed by atoms with Crippen LogP contribution in [0.5, 0.6) is 11.5 Å². The van der Waals surface area contributed by atoms with Crippen molar-refractivity contribution in [1.29, 1.82) is 0 Å². The summed E-state index contributed by atoms with van der Waals surface area (Å²) in [4.78, 5) is 0. The maximum atomic E-state index is 10.2. The minimum Gasteiger partial charge on any atom is -0.508 e. The number of phenolic OH excluding ortho intramolecular Hbond substituents is 2. The average Bonchev–Trinajstić information content (AvgIpc) is 3.09. The molecule has 128 valence electrons. The second-order valence-electron chi connectivity index (χ2n) is 5.56. The zero-order valence-corrected chi connectivity index (χ0v) is 13.8. The van der Waals surface area contributed by atoms with Gasteiger partial charge in [-0.25, -0.2) is 0 Å². The van der Waals surface area contributed by atoms with Crippen LogP contribution in [0, 0.1) is 0 Å². The fourth-order valence-electron chi connectivity index (χ4n) is 2.68. The van der Waals surface area contributed by atoms with Gasteiger partial charge in [-0.2, -0.15) is 5.10 Å². The molecule has 0 radical (unpaired) electrons. The Bertz CT molecular complexity index is 903. The zero-order chi connectivity index (χ0) is 17.8. The van der Waals surface area contributed by atoms with E-state index in [9.17, 15) is 10.2 Å². The summed E-state index contributed by atoms with van der Waals surface area (Å²) < 4.78 is 1.84. The highest BCUT2D eigenvalue weighted by Gasteiger charge is 2.17. The molecule has 0 saturated carbocycles. The van der Waals surface area contributed by atoms with E-state index in [0.717, 1.165) is 5.69 Å². The van der Waals surface area contributed by atoms with Crippen LogP contribution in [0.1, 0.15) is 23.9 Å². The summed E-state index contributed by atoms with van der Waals surface area (Å²) >= 11 is 0. The number of phenols is 2. The van der Waals surface area contributed by atoms with Crippen LogP contribution >= 0.6 is 0 Å². The van der Waals surface area contributed by atoms with Gasteiger partial charge in [-0.1, -0.05) is 25.1 Å². The molecule has 0 amide bonds. The number of hydrogen-bond donors (Lipinski definition) is 3. The SMILES string of the molecule is CCc1cc(/C(Cc2nncn2-c2ccccc2)=N\N)c(O)cc1O. The third-order valence-electron chi connectivity index (χ3n) is 4.02. The first-order chi connectivity index (χ1) is 12.1. The lowest BCUT2D eigenvalue weighted by atomic mass is 10.0. The van der Waals surface area contributed by atoms with E-state index in [2.05, 4.69) is 15.3 Å². The Balaban J connectivity index is 1.97. The molecule has 0 spiro atoms. The Hall–Kier alpha value is -3.35. The number of aromatic hydroxyl groups is 2. The van der Waals surface area contributed by atoms with Crippen molar-refractivity contribution >= 4 is 5.71 Å². The van der Waals surface area contributed by atoms with Crippen molar-refractivity contribution in [3.63, 3.8) is 0 Å². The maximum Gasteiger partial charge on any atom is 0.143 e. The Morgan fingerprint density at radius 1 is 1.16 bits per heavy atom. The quantitative estimate of drug-likeness (QED) is 0.375. The summed E-state index contributed by atoms with van der Waals surface area (Å²) in [5.41, 5.74) is 2.55. The van der Waals surface area contributed by atoms with Gasteiger partial charge in [-0.05, 0) is 30.2 Å². The van der Waals surface area contributed by atoms with Crippen molar-refractivity contribution in [3.8, 4) is 17.2 Å². The third-order valence-corrected chi connectivity index (χ3v) is 4.02. The normalized spacial score (nSPS) is 11.6. The van der Waals surface area contributed by atoms with Gasteiger partial charge in [0.2, 0.25) is 0 Å². The maximum absolute atomic E-state index is 10.2. The van der Waals surface area contributed by atoms with E-state index in [-0.39, 0.29) is 17.9 Å². The molecule has 25 heavy (non-hydrogen) atoms. The summed E-state index contributed by atoms with van der Waals surface area (Å²) in [6.45, 7) is 1.92. The summed E-state index contributed by atoms with van der Waals surface area (Å²) in [6.07, 6.45) is 2.52. The largest absolute Gasteiger partial charge is 0.508 e. The number of hydrazone groups is 1. The Morgan fingerprint density at radius 2 is 1.92 bits per heavy atom. The highest BCUT2D eigenvalue weighted by Crippen LogP contribution is 2.29. The van der Waals surface area contributed by atoms with Crippen molar-refractivity contribution < 1.29 is 10.2 Å². The molecule has 7 heteroatoms. The molecule has 3 aromatic rings. The van der Waals surface area contributed by atoms with Gasteiger partial charge in [0, 0.05) is 17.3 Å². The topological polar surface area (TPSA) is 110 Å². The van der Waals surface area contributed by atoms with Crippen LogP contribution in [-0.2, 0) is 12.8 Å². The van der Waals surface area contributed by atoms with Crippen molar-refractivity contribution in [2.45, 2.75) is 19.8 Å². The number of hydrogen-bond acceptors (Lipinski definition) is 6. The van der Waals surface area contributed by atoms with E-state index in [1.54, 1.807) is 12.4 Å². The summed E-state index contributed by atoms with van der Waals surface area (Å²) in [5.74, 6) is 6.17. The predicted molar refractivity (Wildman–Crippen MR) is 94.9 cm³/mol. The fourth-order valence-corrected chi connectivity index (χ4v) is 2.68. The molecule has 4 N–H and O–H groups in total. The van der Waals surface area contributed by atoms with Gasteiger partial charge in [0.1, 0.15) is 23.7 Å². The van der Waals surface area contributed by atoms with Crippen LogP contribution < -0.4 is 5.84 Å². The van der Waals surface area contributed by atoms with Gasteiger partial charge in [0.15, 0.2) is 0 Å². The molecule has 1 heterocycles. The zero-order valence-electron chi connectivity index (χ0n) is 13.8. The van der Waals surface area contributed by atoms with E-state index in [4.69, 9.17) is 5.84 Å².